The summed E-state index contributed by atoms with van der Waals surface area (Å²) in [7, 11) is 0. The van der Waals surface area contributed by atoms with Crippen molar-refractivity contribution in [3.05, 3.63) is 92.7 Å². The average Bonchev–Trinajstić information content (AvgIpc) is 3.34. The van der Waals surface area contributed by atoms with Crippen molar-refractivity contribution in [1.29, 1.82) is 0 Å². The third-order valence-corrected chi connectivity index (χ3v) is 6.85. The van der Waals surface area contributed by atoms with E-state index in [2.05, 4.69) is 44.3 Å². The zero-order valence-corrected chi connectivity index (χ0v) is 17.7. The molecule has 2 saturated carbocycles. The molecule has 0 saturated heterocycles. The number of nitrogens with zero attached hydrogens (tertiary/aromatic N) is 6. The maximum Gasteiger partial charge on any atom is 0.0814 e. The molecular formula is C24H28N6O. The predicted molar refractivity (Wildman–Crippen MR) is 120 cm³/mol. The van der Waals surface area contributed by atoms with E-state index in [0.29, 0.717) is 12.8 Å². The van der Waals surface area contributed by atoms with Crippen molar-refractivity contribution < 1.29 is 4.74 Å². The van der Waals surface area contributed by atoms with Gasteiger partial charge in [-0.15, -0.1) is 0 Å². The van der Waals surface area contributed by atoms with Gasteiger partial charge in [0, 0.05) is 22.7 Å². The van der Waals surface area contributed by atoms with Crippen LogP contribution in [0.3, 0.4) is 0 Å². The van der Waals surface area contributed by atoms with Gasteiger partial charge < -0.3 is 4.74 Å². The van der Waals surface area contributed by atoms with Crippen LogP contribution in [0.4, 0.5) is 0 Å². The average molecular weight is 417 g/mol. The highest BCUT2D eigenvalue weighted by atomic mass is 16.5. The number of hydrogen-bond donors (Lipinski definition) is 0. The van der Waals surface area contributed by atoms with Crippen LogP contribution in [0.2, 0.25) is 0 Å². The second-order valence-electron chi connectivity index (χ2n) is 8.78. The molecule has 2 aromatic carbocycles. The van der Waals surface area contributed by atoms with Gasteiger partial charge in [0.05, 0.1) is 23.3 Å². The molecule has 2 fully saturated rings. The molecule has 4 unspecified atom stereocenters. The summed E-state index contributed by atoms with van der Waals surface area (Å²) >= 11 is 0. The van der Waals surface area contributed by atoms with E-state index >= 15 is 0 Å². The van der Waals surface area contributed by atoms with E-state index in [1.807, 2.05) is 36.4 Å². The molecule has 2 aliphatic carbocycles. The number of ether oxygens (including phenoxy) is 1. The third kappa shape index (κ3) is 4.54. The second kappa shape index (κ2) is 9.44. The van der Waals surface area contributed by atoms with Crippen molar-refractivity contribution in [1.82, 2.24) is 0 Å². The third-order valence-electron chi connectivity index (χ3n) is 6.85. The molecule has 4 rings (SSSR count). The molecule has 0 aliphatic heterocycles. The summed E-state index contributed by atoms with van der Waals surface area (Å²) in [5, 5.41) is 8.35. The van der Waals surface area contributed by atoms with Crippen LogP contribution in [0.15, 0.2) is 70.9 Å². The molecule has 160 valence electrons. The number of benzene rings is 2. The molecule has 0 bridgehead atoms. The van der Waals surface area contributed by atoms with E-state index in [0.717, 1.165) is 49.7 Å². The lowest BCUT2D eigenvalue weighted by Gasteiger charge is -2.45. The van der Waals surface area contributed by atoms with E-state index in [4.69, 9.17) is 4.74 Å². The molecule has 31 heavy (non-hydrogen) atoms. The Morgan fingerprint density at radius 1 is 0.742 bits per heavy atom. The van der Waals surface area contributed by atoms with Crippen LogP contribution < -0.4 is 0 Å². The summed E-state index contributed by atoms with van der Waals surface area (Å²) in [5.74, 6) is 0. The van der Waals surface area contributed by atoms with E-state index in [1.54, 1.807) is 0 Å². The van der Waals surface area contributed by atoms with Crippen molar-refractivity contribution in [2.24, 2.45) is 10.2 Å². The molecule has 0 aromatic heterocycles. The van der Waals surface area contributed by atoms with Gasteiger partial charge in [0.2, 0.25) is 0 Å². The van der Waals surface area contributed by atoms with Crippen molar-refractivity contribution in [2.75, 3.05) is 0 Å². The minimum Gasteiger partial charge on any atom is -0.367 e. The summed E-state index contributed by atoms with van der Waals surface area (Å²) in [6, 6.07) is 20.0. The van der Waals surface area contributed by atoms with Crippen LogP contribution in [-0.2, 0) is 17.6 Å². The Bertz CT molecular complexity index is 891. The molecule has 0 radical (unpaired) electrons. The Balaban J connectivity index is 1.75. The summed E-state index contributed by atoms with van der Waals surface area (Å²) in [5.41, 5.74) is 19.6. The fraction of sp³-hybridized carbons (Fsp3) is 0.500. The van der Waals surface area contributed by atoms with E-state index in [9.17, 15) is 11.1 Å². The summed E-state index contributed by atoms with van der Waals surface area (Å²) in [6.07, 6.45) is 6.52. The largest absolute Gasteiger partial charge is 0.367 e. The summed E-state index contributed by atoms with van der Waals surface area (Å²) < 4.78 is 7.16. The zero-order chi connectivity index (χ0) is 21.6. The van der Waals surface area contributed by atoms with Gasteiger partial charge >= 0.3 is 0 Å². The molecule has 4 atom stereocenters. The Kier molecular flexibility index (Phi) is 6.47. The Labute approximate surface area is 182 Å². The topological polar surface area (TPSA) is 107 Å². The maximum atomic E-state index is 9.26. The Morgan fingerprint density at radius 3 is 1.55 bits per heavy atom. The molecular weight excluding hydrogens is 388 g/mol. The quantitative estimate of drug-likeness (QED) is 0.267. The Hall–Kier alpha value is -2.98. The first-order valence-corrected chi connectivity index (χ1v) is 11.1. The van der Waals surface area contributed by atoms with Crippen molar-refractivity contribution >= 4 is 0 Å². The van der Waals surface area contributed by atoms with E-state index in [1.165, 1.54) is 0 Å². The highest BCUT2D eigenvalue weighted by Crippen LogP contribution is 2.48. The lowest BCUT2D eigenvalue weighted by Crippen LogP contribution is -2.53. The van der Waals surface area contributed by atoms with Gasteiger partial charge in [0.15, 0.2) is 0 Å². The molecule has 0 spiro atoms. The van der Waals surface area contributed by atoms with E-state index in [-0.39, 0.29) is 12.1 Å². The first-order valence-electron chi connectivity index (χ1n) is 11.1. The minimum atomic E-state index is -0.601. The molecule has 7 heteroatoms. The zero-order valence-electron chi connectivity index (χ0n) is 17.7. The monoisotopic (exact) mass is 416 g/mol. The maximum absolute atomic E-state index is 9.26. The summed E-state index contributed by atoms with van der Waals surface area (Å²) in [4.78, 5) is 6.31. The second-order valence-corrected chi connectivity index (χ2v) is 8.78. The Morgan fingerprint density at radius 2 is 1.16 bits per heavy atom. The van der Waals surface area contributed by atoms with Crippen LogP contribution in [0.25, 0.3) is 20.9 Å². The van der Waals surface area contributed by atoms with Crippen LogP contribution in [0, 0.1) is 0 Å². The minimum absolute atomic E-state index is 0.238. The van der Waals surface area contributed by atoms with Gasteiger partial charge in [-0.25, -0.2) is 0 Å². The fourth-order valence-electron chi connectivity index (χ4n) is 5.51. The SMILES string of the molecule is [N-]=[N+]=NC1CCCC1(Cc1ccccc1)OC1(Cc2ccccc2)CCCC1N=[N+]=[N-]. The predicted octanol–water partition coefficient (Wildman–Crippen LogP) is 6.69. The standard InChI is InChI=1S/C24H28N6O/c25-29-27-21-13-7-15-23(21,17-19-9-3-1-4-10-19)31-24(16-8-14-22(24)28-30-26)18-20-11-5-2-6-12-20/h1-6,9-12,21-22H,7-8,13-18H2. The molecule has 0 heterocycles. The highest BCUT2D eigenvalue weighted by molar-refractivity contribution is 5.23. The number of azide groups is 2. The highest BCUT2D eigenvalue weighted by Gasteiger charge is 2.53. The van der Waals surface area contributed by atoms with Gasteiger partial charge in [0.1, 0.15) is 0 Å². The first kappa shape index (κ1) is 21.3. The first-order chi connectivity index (χ1) is 15.2. The number of rotatable bonds is 8. The van der Waals surface area contributed by atoms with Crippen molar-refractivity contribution in [3.8, 4) is 0 Å². The van der Waals surface area contributed by atoms with Crippen LogP contribution in [0.5, 0.6) is 0 Å². The van der Waals surface area contributed by atoms with Crippen molar-refractivity contribution in [3.63, 3.8) is 0 Å². The fourth-order valence-corrected chi connectivity index (χ4v) is 5.51. The van der Waals surface area contributed by atoms with E-state index < -0.39 is 11.2 Å². The van der Waals surface area contributed by atoms with Gasteiger partial charge in [0.25, 0.3) is 0 Å². The van der Waals surface area contributed by atoms with Gasteiger partial charge in [-0.05, 0) is 47.9 Å². The molecule has 0 N–H and O–H groups in total. The van der Waals surface area contributed by atoms with Crippen LogP contribution in [0.1, 0.15) is 49.7 Å². The molecule has 7 nitrogen and oxygen atoms in total. The summed E-state index contributed by atoms with van der Waals surface area (Å²) in [6.45, 7) is 0. The van der Waals surface area contributed by atoms with Gasteiger partial charge in [-0.1, -0.05) is 83.7 Å². The van der Waals surface area contributed by atoms with Gasteiger partial charge in [-0.3, -0.25) is 0 Å². The molecule has 2 aliphatic rings. The lowest BCUT2D eigenvalue weighted by molar-refractivity contribution is -0.163. The van der Waals surface area contributed by atoms with Gasteiger partial charge in [-0.2, -0.15) is 0 Å². The van der Waals surface area contributed by atoms with Crippen LogP contribution in [-0.4, -0.2) is 23.3 Å². The smallest absolute Gasteiger partial charge is 0.0814 e. The van der Waals surface area contributed by atoms with Crippen molar-refractivity contribution in [2.45, 2.75) is 74.7 Å². The molecule has 0 amide bonds. The number of hydrogen-bond acceptors (Lipinski definition) is 3. The van der Waals surface area contributed by atoms with Crippen LogP contribution >= 0.6 is 0 Å². The normalized spacial score (nSPS) is 29.8. The molecule has 2 aromatic rings. The lowest BCUT2D eigenvalue weighted by atomic mass is 9.84.